The fourth-order valence-corrected chi connectivity index (χ4v) is 4.23. The number of hydrogen-bond acceptors (Lipinski definition) is 5. The normalized spacial score (nSPS) is 14.9. The predicted molar refractivity (Wildman–Crippen MR) is 121 cm³/mol. The van der Waals surface area contributed by atoms with Crippen molar-refractivity contribution in [3.05, 3.63) is 48.7 Å². The highest BCUT2D eigenvalue weighted by atomic mass is 15.3. The molecule has 3 heterocycles. The summed E-state index contributed by atoms with van der Waals surface area (Å²) in [6, 6.07) is 14.9. The summed E-state index contributed by atoms with van der Waals surface area (Å²) in [5.41, 5.74) is 3.98. The third kappa shape index (κ3) is 3.63. The highest BCUT2D eigenvalue weighted by Gasteiger charge is 2.17. The van der Waals surface area contributed by atoms with Crippen LogP contribution in [-0.2, 0) is 14.1 Å². The monoisotopic (exact) mass is 401 g/mol. The van der Waals surface area contributed by atoms with Crippen molar-refractivity contribution in [2.24, 2.45) is 14.1 Å². The maximum Gasteiger partial charge on any atom is 0.161 e. The molecule has 0 spiro atoms. The van der Waals surface area contributed by atoms with Crippen LogP contribution in [0.4, 0.5) is 17.3 Å². The van der Waals surface area contributed by atoms with Gasteiger partial charge in [0.2, 0.25) is 0 Å². The first-order valence-corrected chi connectivity index (χ1v) is 10.6. The fourth-order valence-electron chi connectivity index (χ4n) is 4.23. The molecule has 7 nitrogen and oxygen atoms in total. The lowest BCUT2D eigenvalue weighted by Gasteiger charge is -2.24. The molecule has 1 aliphatic rings. The molecule has 0 aliphatic heterocycles. The molecule has 7 heteroatoms. The summed E-state index contributed by atoms with van der Waals surface area (Å²) < 4.78 is 3.68. The smallest absolute Gasteiger partial charge is 0.161 e. The lowest BCUT2D eigenvalue weighted by molar-refractivity contribution is 0.463. The average Bonchev–Trinajstić information content (AvgIpc) is 3.33. The number of aryl methyl sites for hydroxylation is 2. The molecule has 0 radical (unpaired) electrons. The number of anilines is 3. The quantitative estimate of drug-likeness (QED) is 0.500. The molecule has 1 fully saturated rings. The number of aromatic nitrogens is 5. The third-order valence-corrected chi connectivity index (χ3v) is 5.88. The van der Waals surface area contributed by atoms with Crippen molar-refractivity contribution in [2.75, 3.05) is 10.6 Å². The van der Waals surface area contributed by atoms with Gasteiger partial charge < -0.3 is 10.6 Å². The second-order valence-electron chi connectivity index (χ2n) is 8.07. The van der Waals surface area contributed by atoms with Crippen molar-refractivity contribution < 1.29 is 0 Å². The highest BCUT2D eigenvalue weighted by molar-refractivity contribution is 5.91. The molecule has 2 N–H and O–H groups in total. The Bertz CT molecular complexity index is 1150. The Labute approximate surface area is 176 Å². The predicted octanol–water partition coefficient (Wildman–Crippen LogP) is 4.86. The van der Waals surface area contributed by atoms with E-state index < -0.39 is 0 Å². The van der Waals surface area contributed by atoms with Crippen LogP contribution < -0.4 is 10.6 Å². The molecule has 5 rings (SSSR count). The highest BCUT2D eigenvalue weighted by Crippen LogP contribution is 2.30. The van der Waals surface area contributed by atoms with Gasteiger partial charge in [0, 0.05) is 37.8 Å². The molecule has 30 heavy (non-hydrogen) atoms. The Hall–Kier alpha value is -3.35. The Morgan fingerprint density at radius 3 is 2.57 bits per heavy atom. The zero-order valence-corrected chi connectivity index (χ0v) is 17.5. The maximum absolute atomic E-state index is 4.82. The number of benzene rings is 1. The molecule has 0 bridgehead atoms. The third-order valence-electron chi connectivity index (χ3n) is 5.88. The Balaban J connectivity index is 1.47. The largest absolute Gasteiger partial charge is 0.382 e. The SMILES string of the molecule is Cn1nc(-c2ccccc2)cc1Nc1cc(NC2CCCCC2)c2cnn(C)c2n1. The summed E-state index contributed by atoms with van der Waals surface area (Å²) >= 11 is 0. The lowest BCUT2D eigenvalue weighted by atomic mass is 9.95. The fraction of sp³-hybridized carbons (Fsp3) is 0.348. The number of nitrogens with zero attached hydrogens (tertiary/aromatic N) is 5. The van der Waals surface area contributed by atoms with E-state index in [1.807, 2.05) is 47.9 Å². The molecule has 154 valence electrons. The molecule has 3 aromatic heterocycles. The van der Waals surface area contributed by atoms with Gasteiger partial charge in [-0.15, -0.1) is 0 Å². The number of pyridine rings is 1. The molecule has 1 aliphatic carbocycles. The summed E-state index contributed by atoms with van der Waals surface area (Å²) in [7, 11) is 3.87. The average molecular weight is 402 g/mol. The van der Waals surface area contributed by atoms with E-state index in [-0.39, 0.29) is 0 Å². The van der Waals surface area contributed by atoms with Crippen LogP contribution in [0.1, 0.15) is 32.1 Å². The van der Waals surface area contributed by atoms with E-state index in [1.54, 1.807) is 0 Å². The van der Waals surface area contributed by atoms with Crippen LogP contribution >= 0.6 is 0 Å². The number of rotatable bonds is 5. The van der Waals surface area contributed by atoms with Gasteiger partial charge in [-0.05, 0) is 12.8 Å². The van der Waals surface area contributed by atoms with E-state index in [9.17, 15) is 0 Å². The topological polar surface area (TPSA) is 72.6 Å². The van der Waals surface area contributed by atoms with Crippen LogP contribution in [-0.4, -0.2) is 30.6 Å². The molecule has 1 aromatic carbocycles. The minimum absolute atomic E-state index is 0.513. The van der Waals surface area contributed by atoms with Gasteiger partial charge >= 0.3 is 0 Å². The number of hydrogen-bond donors (Lipinski definition) is 2. The van der Waals surface area contributed by atoms with E-state index >= 15 is 0 Å². The van der Waals surface area contributed by atoms with Crippen molar-refractivity contribution in [2.45, 2.75) is 38.1 Å². The molecule has 0 saturated heterocycles. The first kappa shape index (κ1) is 18.7. The van der Waals surface area contributed by atoms with E-state index in [0.717, 1.165) is 39.6 Å². The molecular formula is C23H27N7. The summed E-state index contributed by atoms with van der Waals surface area (Å²) in [5.74, 6) is 1.68. The van der Waals surface area contributed by atoms with Gasteiger partial charge in [-0.1, -0.05) is 49.6 Å². The van der Waals surface area contributed by atoms with Gasteiger partial charge in [0.15, 0.2) is 5.65 Å². The second kappa shape index (κ2) is 7.82. The van der Waals surface area contributed by atoms with Gasteiger partial charge in [0.1, 0.15) is 11.6 Å². The van der Waals surface area contributed by atoms with E-state index in [1.165, 1.54) is 32.1 Å². The van der Waals surface area contributed by atoms with Gasteiger partial charge in [-0.25, -0.2) is 4.98 Å². The summed E-state index contributed by atoms with van der Waals surface area (Å²) in [6.07, 6.45) is 8.26. The summed E-state index contributed by atoms with van der Waals surface area (Å²) in [4.78, 5) is 4.82. The van der Waals surface area contributed by atoms with Crippen molar-refractivity contribution in [1.29, 1.82) is 0 Å². The van der Waals surface area contributed by atoms with E-state index in [4.69, 9.17) is 4.98 Å². The molecule has 4 aromatic rings. The van der Waals surface area contributed by atoms with Crippen LogP contribution in [0.2, 0.25) is 0 Å². The number of fused-ring (bicyclic) bond motifs is 1. The van der Waals surface area contributed by atoms with Crippen molar-refractivity contribution >= 4 is 28.4 Å². The molecule has 1 saturated carbocycles. The standard InChI is InChI=1S/C23H27N7/c1-29-22(14-19(28-29)16-9-5-3-6-10-16)26-21-13-20(25-17-11-7-4-8-12-17)18-15-24-30(2)23(18)27-21/h3,5-6,9-10,13-15,17H,4,7-8,11-12H2,1-2H3,(H2,25,26,27). The lowest BCUT2D eigenvalue weighted by Crippen LogP contribution is -2.22. The molecule has 0 unspecified atom stereocenters. The van der Waals surface area contributed by atoms with Gasteiger partial charge in [-0.3, -0.25) is 9.36 Å². The van der Waals surface area contributed by atoms with Crippen LogP contribution in [0.3, 0.4) is 0 Å². The molecular weight excluding hydrogens is 374 g/mol. The van der Waals surface area contributed by atoms with Gasteiger partial charge in [-0.2, -0.15) is 10.2 Å². The second-order valence-corrected chi connectivity index (χ2v) is 8.07. The van der Waals surface area contributed by atoms with E-state index in [2.05, 4.69) is 45.1 Å². The zero-order chi connectivity index (χ0) is 20.5. The Morgan fingerprint density at radius 1 is 0.967 bits per heavy atom. The Kier molecular flexibility index (Phi) is 4.86. The first-order valence-electron chi connectivity index (χ1n) is 10.6. The Morgan fingerprint density at radius 2 is 1.77 bits per heavy atom. The van der Waals surface area contributed by atoms with Gasteiger partial charge in [0.05, 0.1) is 23.0 Å². The van der Waals surface area contributed by atoms with Crippen molar-refractivity contribution in [3.8, 4) is 11.3 Å². The van der Waals surface area contributed by atoms with Crippen LogP contribution in [0.5, 0.6) is 0 Å². The zero-order valence-electron chi connectivity index (χ0n) is 17.5. The summed E-state index contributed by atoms with van der Waals surface area (Å²) in [6.45, 7) is 0. The van der Waals surface area contributed by atoms with Crippen LogP contribution in [0.25, 0.3) is 22.3 Å². The number of nitrogens with one attached hydrogen (secondary N) is 2. The first-order chi connectivity index (χ1) is 14.7. The maximum atomic E-state index is 4.82. The van der Waals surface area contributed by atoms with Crippen molar-refractivity contribution in [3.63, 3.8) is 0 Å². The van der Waals surface area contributed by atoms with Crippen LogP contribution in [0, 0.1) is 0 Å². The summed E-state index contributed by atoms with van der Waals surface area (Å²) in [5, 5.41) is 17.4. The molecule has 0 amide bonds. The molecule has 0 atom stereocenters. The van der Waals surface area contributed by atoms with Crippen molar-refractivity contribution in [1.82, 2.24) is 24.5 Å². The van der Waals surface area contributed by atoms with E-state index in [0.29, 0.717) is 6.04 Å². The van der Waals surface area contributed by atoms with Gasteiger partial charge in [0.25, 0.3) is 0 Å². The minimum atomic E-state index is 0.513. The minimum Gasteiger partial charge on any atom is -0.382 e. The van der Waals surface area contributed by atoms with Crippen LogP contribution in [0.15, 0.2) is 48.7 Å².